The van der Waals surface area contributed by atoms with Gasteiger partial charge in [-0.3, -0.25) is 4.98 Å². The molecule has 3 aromatic rings. The Morgan fingerprint density at radius 1 is 1.16 bits per heavy atom. The van der Waals surface area contributed by atoms with E-state index < -0.39 is 11.7 Å². The molecule has 0 atom stereocenters. The van der Waals surface area contributed by atoms with E-state index in [1.54, 1.807) is 43.7 Å². The molecule has 0 amide bonds. The predicted octanol–water partition coefficient (Wildman–Crippen LogP) is 5.61. The molecule has 0 bridgehead atoms. The van der Waals surface area contributed by atoms with Crippen LogP contribution in [0.1, 0.15) is 27.9 Å². The largest absolute Gasteiger partial charge is 0.493 e. The number of carbonyl (C=O) groups is 1. The Labute approximate surface area is 184 Å². The summed E-state index contributed by atoms with van der Waals surface area (Å²) in [6.45, 7) is 0.622. The van der Waals surface area contributed by atoms with Crippen LogP contribution in [0.2, 0.25) is 0 Å². The second-order valence-corrected chi connectivity index (χ2v) is 6.98. The maximum atomic E-state index is 13.0. The molecule has 0 saturated heterocycles. The summed E-state index contributed by atoms with van der Waals surface area (Å²) < 4.78 is 49.2. The van der Waals surface area contributed by atoms with Crippen molar-refractivity contribution in [3.05, 3.63) is 77.6 Å². The summed E-state index contributed by atoms with van der Waals surface area (Å²) in [5.41, 5.74) is 2.34. The van der Waals surface area contributed by atoms with Crippen molar-refractivity contribution in [1.82, 2.24) is 4.98 Å². The van der Waals surface area contributed by atoms with E-state index in [0.717, 1.165) is 24.5 Å². The van der Waals surface area contributed by atoms with E-state index in [9.17, 15) is 18.0 Å². The van der Waals surface area contributed by atoms with Crippen LogP contribution in [-0.4, -0.2) is 31.7 Å². The number of carbonyl (C=O) groups excluding carboxylic acids is 1. The molecule has 2 heterocycles. The summed E-state index contributed by atoms with van der Waals surface area (Å²) in [5.74, 6) is 0.340. The predicted molar refractivity (Wildman–Crippen MR) is 116 cm³/mol. The van der Waals surface area contributed by atoms with Crippen LogP contribution in [0.5, 0.6) is 5.75 Å². The average Bonchev–Trinajstić information content (AvgIpc) is 2.83. The quantitative estimate of drug-likeness (QED) is 0.533. The lowest BCUT2D eigenvalue weighted by atomic mass is 9.96. The molecule has 4 rings (SSSR count). The van der Waals surface area contributed by atoms with Crippen molar-refractivity contribution in [2.45, 2.75) is 19.0 Å². The van der Waals surface area contributed by atoms with Gasteiger partial charge in [0.05, 0.1) is 36.7 Å². The van der Waals surface area contributed by atoms with Gasteiger partial charge in [-0.1, -0.05) is 30.3 Å². The van der Waals surface area contributed by atoms with Gasteiger partial charge in [0.25, 0.3) is 0 Å². The molecule has 1 aromatic heterocycles. The smallest absolute Gasteiger partial charge is 0.417 e. The molecule has 8 heteroatoms. The number of methoxy groups -OCH3 is 1. The SMILES string of the molecule is CNc1cnccc1C(=O)OC.FC(F)(F)c1ccccc1-c1ccc2c(c1)OCCC2. The molecule has 0 radical (unpaired) electrons. The third-order valence-corrected chi connectivity index (χ3v) is 4.95. The highest BCUT2D eigenvalue weighted by Crippen LogP contribution is 2.38. The average molecular weight is 444 g/mol. The first kappa shape index (κ1) is 23.1. The number of esters is 1. The Morgan fingerprint density at radius 2 is 1.94 bits per heavy atom. The van der Waals surface area contributed by atoms with Crippen molar-refractivity contribution >= 4 is 11.7 Å². The summed E-state index contributed by atoms with van der Waals surface area (Å²) in [4.78, 5) is 15.0. The number of alkyl halides is 3. The topological polar surface area (TPSA) is 60.5 Å². The second-order valence-electron chi connectivity index (χ2n) is 6.98. The monoisotopic (exact) mass is 444 g/mol. The molecule has 2 aromatic carbocycles. The number of pyridine rings is 1. The first-order valence-corrected chi connectivity index (χ1v) is 9.97. The molecule has 0 saturated carbocycles. The van der Waals surface area contributed by atoms with Crippen LogP contribution in [0.4, 0.5) is 18.9 Å². The molecule has 32 heavy (non-hydrogen) atoms. The van der Waals surface area contributed by atoms with Gasteiger partial charge < -0.3 is 14.8 Å². The molecular weight excluding hydrogens is 421 g/mol. The Balaban J connectivity index is 0.000000207. The van der Waals surface area contributed by atoms with Crippen molar-refractivity contribution in [3.63, 3.8) is 0 Å². The fourth-order valence-corrected chi connectivity index (χ4v) is 3.37. The van der Waals surface area contributed by atoms with Gasteiger partial charge in [-0.25, -0.2) is 4.79 Å². The molecule has 0 aliphatic carbocycles. The highest BCUT2D eigenvalue weighted by atomic mass is 19.4. The van der Waals surface area contributed by atoms with Crippen LogP contribution in [0.3, 0.4) is 0 Å². The van der Waals surface area contributed by atoms with Gasteiger partial charge in [-0.15, -0.1) is 0 Å². The van der Waals surface area contributed by atoms with Crippen LogP contribution in [0.25, 0.3) is 11.1 Å². The number of halogens is 3. The minimum Gasteiger partial charge on any atom is -0.493 e. The number of aromatic nitrogens is 1. The van der Waals surface area contributed by atoms with Gasteiger partial charge in [-0.05, 0) is 47.7 Å². The third kappa shape index (κ3) is 5.38. The molecule has 0 unspecified atom stereocenters. The Bertz CT molecular complexity index is 1080. The zero-order valence-electron chi connectivity index (χ0n) is 17.7. The molecular formula is C24H23F3N2O3. The van der Waals surface area contributed by atoms with Crippen LogP contribution in [0.15, 0.2) is 60.9 Å². The fraction of sp³-hybridized carbons (Fsp3) is 0.250. The lowest BCUT2D eigenvalue weighted by molar-refractivity contribution is -0.137. The number of rotatable bonds is 3. The summed E-state index contributed by atoms with van der Waals surface area (Å²) in [7, 11) is 3.08. The lowest BCUT2D eigenvalue weighted by Gasteiger charge is -2.19. The molecule has 1 N–H and O–H groups in total. The normalized spacial score (nSPS) is 12.5. The first-order chi connectivity index (χ1) is 15.3. The van der Waals surface area contributed by atoms with Gasteiger partial charge in [0.2, 0.25) is 0 Å². The Kier molecular flexibility index (Phi) is 7.35. The number of fused-ring (bicyclic) bond motifs is 1. The Hall–Kier alpha value is -3.55. The number of nitrogens with zero attached hydrogens (tertiary/aromatic N) is 1. The maximum Gasteiger partial charge on any atom is 0.417 e. The van der Waals surface area contributed by atoms with Gasteiger partial charge in [0.1, 0.15) is 5.75 Å². The van der Waals surface area contributed by atoms with Gasteiger partial charge >= 0.3 is 12.1 Å². The van der Waals surface area contributed by atoms with E-state index in [1.807, 2.05) is 6.07 Å². The van der Waals surface area contributed by atoms with E-state index >= 15 is 0 Å². The molecule has 0 fully saturated rings. The standard InChI is InChI=1S/C16H13F3O.C8H10N2O2/c17-16(18,19)14-6-2-1-5-13(14)12-8-7-11-4-3-9-20-15(11)10-12;1-9-7-5-10-4-3-6(7)8(11)12-2/h1-2,5-8,10H,3-4,9H2;3-5,9H,1-2H3. The van der Waals surface area contributed by atoms with Crippen molar-refractivity contribution < 1.29 is 27.4 Å². The highest BCUT2D eigenvalue weighted by molar-refractivity contribution is 5.95. The highest BCUT2D eigenvalue weighted by Gasteiger charge is 2.33. The summed E-state index contributed by atoms with van der Waals surface area (Å²) in [6, 6.07) is 12.5. The number of nitrogens with one attached hydrogen (secondary N) is 1. The summed E-state index contributed by atoms with van der Waals surface area (Å²) >= 11 is 0. The second kappa shape index (κ2) is 10.2. The first-order valence-electron chi connectivity index (χ1n) is 9.97. The van der Waals surface area contributed by atoms with Crippen molar-refractivity contribution in [2.24, 2.45) is 0 Å². The van der Waals surface area contributed by atoms with Crippen molar-refractivity contribution in [3.8, 4) is 16.9 Å². The van der Waals surface area contributed by atoms with Crippen LogP contribution < -0.4 is 10.1 Å². The number of ether oxygens (including phenoxy) is 2. The van der Waals surface area contributed by atoms with E-state index in [0.29, 0.717) is 29.2 Å². The van der Waals surface area contributed by atoms with E-state index in [-0.39, 0.29) is 11.5 Å². The minimum atomic E-state index is -4.35. The number of benzene rings is 2. The fourth-order valence-electron chi connectivity index (χ4n) is 3.37. The number of hydrogen-bond donors (Lipinski definition) is 1. The van der Waals surface area contributed by atoms with E-state index in [2.05, 4.69) is 15.0 Å². The lowest BCUT2D eigenvalue weighted by Crippen LogP contribution is -2.09. The van der Waals surface area contributed by atoms with E-state index in [1.165, 1.54) is 19.2 Å². The Morgan fingerprint density at radius 3 is 2.66 bits per heavy atom. The van der Waals surface area contributed by atoms with Gasteiger partial charge in [-0.2, -0.15) is 13.2 Å². The zero-order valence-corrected chi connectivity index (χ0v) is 17.7. The van der Waals surface area contributed by atoms with Crippen LogP contribution in [-0.2, 0) is 17.3 Å². The zero-order chi connectivity index (χ0) is 23.1. The van der Waals surface area contributed by atoms with Crippen LogP contribution >= 0.6 is 0 Å². The van der Waals surface area contributed by atoms with Crippen molar-refractivity contribution in [1.29, 1.82) is 0 Å². The molecule has 168 valence electrons. The molecule has 1 aliphatic rings. The number of anilines is 1. The number of hydrogen-bond acceptors (Lipinski definition) is 5. The minimum absolute atomic E-state index is 0.192. The molecule has 0 spiro atoms. The van der Waals surface area contributed by atoms with Gasteiger partial charge in [0, 0.05) is 13.2 Å². The molecule has 5 nitrogen and oxygen atoms in total. The number of aryl methyl sites for hydroxylation is 1. The van der Waals surface area contributed by atoms with E-state index in [4.69, 9.17) is 4.74 Å². The van der Waals surface area contributed by atoms with Crippen molar-refractivity contribution in [2.75, 3.05) is 26.1 Å². The maximum absolute atomic E-state index is 13.0. The summed E-state index contributed by atoms with van der Waals surface area (Å²) in [5, 5.41) is 2.85. The van der Waals surface area contributed by atoms with Gasteiger partial charge in [0.15, 0.2) is 0 Å². The molecule has 1 aliphatic heterocycles. The van der Waals surface area contributed by atoms with Crippen LogP contribution in [0, 0.1) is 0 Å². The summed E-state index contributed by atoms with van der Waals surface area (Å²) in [6.07, 6.45) is 0.634. The third-order valence-electron chi connectivity index (χ3n) is 4.95.